The summed E-state index contributed by atoms with van der Waals surface area (Å²) in [4.78, 5) is 43.2. The van der Waals surface area contributed by atoms with Crippen LogP contribution in [0.15, 0.2) is 36.4 Å². The lowest BCUT2D eigenvalue weighted by Crippen LogP contribution is -2.45. The molecule has 3 amide bonds. The summed E-state index contributed by atoms with van der Waals surface area (Å²) < 4.78 is 22.0. The predicted molar refractivity (Wildman–Crippen MR) is 170 cm³/mol. The van der Waals surface area contributed by atoms with Gasteiger partial charge < -0.3 is 39.4 Å². The number of benzene rings is 2. The monoisotopic (exact) mass is 622 g/mol. The fourth-order valence-corrected chi connectivity index (χ4v) is 6.08. The maximum atomic E-state index is 13.9. The molecule has 0 aromatic heterocycles. The molecule has 0 radical (unpaired) electrons. The largest absolute Gasteiger partial charge is 0.493 e. The smallest absolute Gasteiger partial charge is 0.262 e. The Kier molecular flexibility index (Phi) is 10.8. The van der Waals surface area contributed by atoms with Crippen LogP contribution in [-0.4, -0.2) is 99.8 Å². The van der Waals surface area contributed by atoms with E-state index < -0.39 is 0 Å². The highest BCUT2D eigenvalue weighted by atomic mass is 16.5. The SMILES string of the molecule is COCCCOc1cc(C(=O)N(C[C@@H]2CNC[C@H]2CN(C(=O)Cc2ccc3c(c2)NC(=O)CO3)C2CC2)C(C)C)ccc1OC. The molecular formula is C34H46N4O7. The molecule has 1 saturated carbocycles. The average molecular weight is 623 g/mol. The number of carbonyl (C=O) groups is 3. The molecule has 1 aliphatic carbocycles. The van der Waals surface area contributed by atoms with Gasteiger partial charge in [-0.1, -0.05) is 6.07 Å². The highest BCUT2D eigenvalue weighted by Gasteiger charge is 2.38. The van der Waals surface area contributed by atoms with Gasteiger partial charge in [-0.05, 0) is 74.4 Å². The molecule has 2 aromatic carbocycles. The van der Waals surface area contributed by atoms with Crippen molar-refractivity contribution in [1.29, 1.82) is 0 Å². The van der Waals surface area contributed by atoms with E-state index >= 15 is 0 Å². The molecule has 2 aromatic rings. The number of nitrogens with one attached hydrogen (secondary N) is 2. The van der Waals surface area contributed by atoms with Crippen LogP contribution in [0.2, 0.25) is 0 Å². The molecular weight excluding hydrogens is 576 g/mol. The molecule has 1 saturated heterocycles. The van der Waals surface area contributed by atoms with E-state index in [-0.39, 0.29) is 54.7 Å². The van der Waals surface area contributed by atoms with Crippen LogP contribution < -0.4 is 24.8 Å². The van der Waals surface area contributed by atoms with Crippen molar-refractivity contribution in [3.05, 3.63) is 47.5 Å². The number of hydrogen-bond acceptors (Lipinski definition) is 8. The van der Waals surface area contributed by atoms with Crippen LogP contribution in [0.3, 0.4) is 0 Å². The molecule has 2 fully saturated rings. The highest BCUT2D eigenvalue weighted by molar-refractivity contribution is 5.96. The minimum Gasteiger partial charge on any atom is -0.493 e. The molecule has 5 rings (SSSR count). The first-order chi connectivity index (χ1) is 21.8. The zero-order valence-electron chi connectivity index (χ0n) is 26.8. The van der Waals surface area contributed by atoms with Crippen LogP contribution in [0.5, 0.6) is 17.2 Å². The van der Waals surface area contributed by atoms with Gasteiger partial charge in [0.15, 0.2) is 18.1 Å². The number of ether oxygens (including phenoxy) is 4. The Morgan fingerprint density at radius 3 is 2.49 bits per heavy atom. The summed E-state index contributed by atoms with van der Waals surface area (Å²) in [5.41, 5.74) is 2.00. The standard InChI is InChI=1S/C34H46N4O7/c1-22(2)37(34(41)24-7-11-30(43-4)31(16-24)44-13-5-12-42-3)19-25-17-35-18-26(25)20-38(27-8-9-27)33(40)15-23-6-10-29-28(14-23)36-32(39)21-45-29/h6-7,10-11,14,16,22,25-27,35H,5,8-9,12-13,15,17-21H2,1-4H3,(H,36,39)/t25-,26-/m0/s1. The van der Waals surface area contributed by atoms with Crippen LogP contribution in [0.1, 0.15) is 49.0 Å². The van der Waals surface area contributed by atoms with Crippen molar-refractivity contribution in [3.63, 3.8) is 0 Å². The number of carbonyl (C=O) groups excluding carboxylic acids is 3. The van der Waals surface area contributed by atoms with E-state index in [1.165, 1.54) is 0 Å². The Balaban J connectivity index is 1.24. The lowest BCUT2D eigenvalue weighted by atomic mass is 9.93. The van der Waals surface area contributed by atoms with E-state index in [9.17, 15) is 14.4 Å². The van der Waals surface area contributed by atoms with E-state index in [1.54, 1.807) is 32.4 Å². The van der Waals surface area contributed by atoms with Gasteiger partial charge >= 0.3 is 0 Å². The molecule has 2 atom stereocenters. The normalized spacial score (nSPS) is 19.0. The maximum absolute atomic E-state index is 13.9. The summed E-state index contributed by atoms with van der Waals surface area (Å²) in [7, 11) is 3.24. The summed E-state index contributed by atoms with van der Waals surface area (Å²) in [6.07, 6.45) is 3.00. The Morgan fingerprint density at radius 2 is 1.78 bits per heavy atom. The minimum absolute atomic E-state index is 0.00201. The first kappa shape index (κ1) is 32.6. The number of anilines is 1. The first-order valence-electron chi connectivity index (χ1n) is 15.9. The van der Waals surface area contributed by atoms with Gasteiger partial charge in [0.1, 0.15) is 5.75 Å². The van der Waals surface area contributed by atoms with Gasteiger partial charge in [-0.2, -0.15) is 0 Å². The van der Waals surface area contributed by atoms with E-state index in [2.05, 4.69) is 10.6 Å². The summed E-state index contributed by atoms with van der Waals surface area (Å²) >= 11 is 0. The molecule has 2 heterocycles. The zero-order valence-corrected chi connectivity index (χ0v) is 26.8. The Labute approximate surface area is 265 Å². The number of amides is 3. The van der Waals surface area contributed by atoms with Crippen molar-refractivity contribution < 1.29 is 33.3 Å². The molecule has 2 N–H and O–H groups in total. The number of hydrogen-bond donors (Lipinski definition) is 2. The topological polar surface area (TPSA) is 119 Å². The van der Waals surface area contributed by atoms with Crippen LogP contribution in [0.4, 0.5) is 5.69 Å². The third-order valence-corrected chi connectivity index (χ3v) is 8.73. The highest BCUT2D eigenvalue weighted by Crippen LogP contribution is 2.33. The molecule has 0 bridgehead atoms. The average Bonchev–Trinajstić information content (AvgIpc) is 3.78. The second kappa shape index (κ2) is 15.0. The lowest BCUT2D eigenvalue weighted by Gasteiger charge is -2.34. The molecule has 0 unspecified atom stereocenters. The lowest BCUT2D eigenvalue weighted by molar-refractivity contribution is -0.131. The van der Waals surface area contributed by atoms with E-state index in [1.807, 2.05) is 41.8 Å². The van der Waals surface area contributed by atoms with Gasteiger partial charge in [-0.15, -0.1) is 0 Å². The minimum atomic E-state index is -0.196. The Bertz CT molecular complexity index is 1360. The summed E-state index contributed by atoms with van der Waals surface area (Å²) in [5, 5.41) is 6.34. The fourth-order valence-electron chi connectivity index (χ4n) is 6.08. The fraction of sp³-hybridized carbons (Fsp3) is 0.559. The Hall–Kier alpha value is -3.83. The second-order valence-electron chi connectivity index (χ2n) is 12.4. The van der Waals surface area contributed by atoms with Crippen molar-refractivity contribution in [3.8, 4) is 17.2 Å². The number of rotatable bonds is 15. The Morgan fingerprint density at radius 1 is 1.00 bits per heavy atom. The van der Waals surface area contributed by atoms with Crippen molar-refractivity contribution >= 4 is 23.4 Å². The number of fused-ring (bicyclic) bond motifs is 1. The number of methoxy groups -OCH3 is 2. The van der Waals surface area contributed by atoms with E-state index in [0.717, 1.165) is 37.9 Å². The van der Waals surface area contributed by atoms with Crippen LogP contribution in [-0.2, 0) is 20.7 Å². The summed E-state index contributed by atoms with van der Waals surface area (Å²) in [6.45, 7) is 7.93. The summed E-state index contributed by atoms with van der Waals surface area (Å²) in [5.74, 6) is 1.99. The summed E-state index contributed by atoms with van der Waals surface area (Å²) in [6, 6.07) is 11.1. The van der Waals surface area contributed by atoms with Crippen molar-refractivity contribution in [1.82, 2.24) is 15.1 Å². The molecule has 11 heteroatoms. The van der Waals surface area contributed by atoms with Gasteiger partial charge in [-0.25, -0.2) is 0 Å². The zero-order chi connectivity index (χ0) is 31.9. The van der Waals surface area contributed by atoms with Crippen LogP contribution in [0, 0.1) is 11.8 Å². The van der Waals surface area contributed by atoms with Gasteiger partial charge in [0.2, 0.25) is 5.91 Å². The third-order valence-electron chi connectivity index (χ3n) is 8.73. The molecule has 45 heavy (non-hydrogen) atoms. The van der Waals surface area contributed by atoms with Crippen molar-refractivity contribution in [2.24, 2.45) is 11.8 Å². The van der Waals surface area contributed by atoms with Gasteiger partial charge in [0, 0.05) is 64.0 Å². The van der Waals surface area contributed by atoms with Crippen molar-refractivity contribution in [2.45, 2.75) is 51.6 Å². The quantitative estimate of drug-likeness (QED) is 0.291. The van der Waals surface area contributed by atoms with Crippen LogP contribution >= 0.6 is 0 Å². The first-order valence-corrected chi connectivity index (χ1v) is 15.9. The van der Waals surface area contributed by atoms with Gasteiger partial charge in [0.25, 0.3) is 11.8 Å². The van der Waals surface area contributed by atoms with Gasteiger partial charge in [0.05, 0.1) is 25.8 Å². The molecule has 244 valence electrons. The van der Waals surface area contributed by atoms with Crippen molar-refractivity contribution in [2.75, 3.05) is 65.5 Å². The molecule has 0 spiro atoms. The van der Waals surface area contributed by atoms with Gasteiger partial charge in [-0.3, -0.25) is 14.4 Å². The predicted octanol–water partition coefficient (Wildman–Crippen LogP) is 3.36. The maximum Gasteiger partial charge on any atom is 0.262 e. The van der Waals surface area contributed by atoms with E-state index in [4.69, 9.17) is 18.9 Å². The second-order valence-corrected chi connectivity index (χ2v) is 12.4. The van der Waals surface area contributed by atoms with Crippen LogP contribution in [0.25, 0.3) is 0 Å². The number of nitrogens with zero attached hydrogens (tertiary/aromatic N) is 2. The van der Waals surface area contributed by atoms with E-state index in [0.29, 0.717) is 54.8 Å². The molecule has 2 aliphatic heterocycles. The third kappa shape index (κ3) is 8.26. The molecule has 3 aliphatic rings. The molecule has 11 nitrogen and oxygen atoms in total.